The van der Waals surface area contributed by atoms with Gasteiger partial charge in [0, 0.05) is 11.8 Å². The average Bonchev–Trinajstić information content (AvgIpc) is 3.09. The molecule has 2 N–H and O–H groups in total. The summed E-state index contributed by atoms with van der Waals surface area (Å²) in [6.45, 7) is 3.17. The highest BCUT2D eigenvalue weighted by Gasteiger charge is 2.50. The molecular formula is C16H17NO7. The number of aliphatic hydroxyl groups is 1. The summed E-state index contributed by atoms with van der Waals surface area (Å²) in [5.74, 6) is -3.04. The summed E-state index contributed by atoms with van der Waals surface area (Å²) in [7, 11) is 0. The third kappa shape index (κ3) is 2.39. The summed E-state index contributed by atoms with van der Waals surface area (Å²) < 4.78 is 10.4. The van der Waals surface area contributed by atoms with Gasteiger partial charge in [0.25, 0.3) is 0 Å². The molecule has 0 aliphatic carbocycles. The van der Waals surface area contributed by atoms with E-state index in [4.69, 9.17) is 9.47 Å². The van der Waals surface area contributed by atoms with Gasteiger partial charge in [-0.3, -0.25) is 14.5 Å². The number of ether oxygens (including phenoxy) is 2. The van der Waals surface area contributed by atoms with Gasteiger partial charge in [-0.05, 0) is 17.7 Å². The number of nitrogens with zero attached hydrogens (tertiary/aromatic N) is 1. The van der Waals surface area contributed by atoms with E-state index in [-0.39, 0.29) is 12.4 Å². The summed E-state index contributed by atoms with van der Waals surface area (Å²) in [4.78, 5) is 36.9. The number of aliphatic carboxylic acids is 1. The Morgan fingerprint density at radius 2 is 1.75 bits per heavy atom. The Balaban J connectivity index is 1.95. The molecule has 0 bridgehead atoms. The molecule has 24 heavy (non-hydrogen) atoms. The SMILES string of the molecule is C[C@@H]1C(=O)N([C@H](C(=O)O)[C@H](O)c2ccc3c(c2)OCO3)C(=O)[C@@H]1C. The summed E-state index contributed by atoms with van der Waals surface area (Å²) in [6, 6.07) is 2.77. The zero-order valence-corrected chi connectivity index (χ0v) is 13.1. The Bertz CT molecular complexity index is 696. The molecule has 0 radical (unpaired) electrons. The Morgan fingerprint density at radius 1 is 1.17 bits per heavy atom. The van der Waals surface area contributed by atoms with Crippen LogP contribution in [0.15, 0.2) is 18.2 Å². The Hall–Kier alpha value is -2.61. The number of carboxylic acid groups (broad SMARTS) is 1. The molecule has 0 unspecified atom stereocenters. The van der Waals surface area contributed by atoms with Crippen LogP contribution < -0.4 is 9.47 Å². The predicted molar refractivity (Wildman–Crippen MR) is 79.1 cm³/mol. The first kappa shape index (κ1) is 16.3. The molecule has 1 aromatic rings. The van der Waals surface area contributed by atoms with Gasteiger partial charge in [0.2, 0.25) is 18.6 Å². The number of amides is 2. The third-order valence-corrected chi connectivity index (χ3v) is 4.57. The van der Waals surface area contributed by atoms with E-state index >= 15 is 0 Å². The third-order valence-electron chi connectivity index (χ3n) is 4.57. The normalized spacial score (nSPS) is 25.0. The molecule has 8 heteroatoms. The van der Waals surface area contributed by atoms with Crippen LogP contribution >= 0.6 is 0 Å². The van der Waals surface area contributed by atoms with Crippen LogP contribution in [0.25, 0.3) is 0 Å². The predicted octanol–water partition coefficient (Wildman–Crippen LogP) is 0.543. The van der Waals surface area contributed by atoms with Gasteiger partial charge in [-0.25, -0.2) is 4.79 Å². The molecule has 2 heterocycles. The minimum absolute atomic E-state index is 0.0371. The fourth-order valence-electron chi connectivity index (χ4n) is 2.92. The number of imide groups is 1. The highest BCUT2D eigenvalue weighted by atomic mass is 16.7. The molecule has 4 atom stereocenters. The molecule has 1 saturated heterocycles. The van der Waals surface area contributed by atoms with Crippen molar-refractivity contribution in [3.8, 4) is 11.5 Å². The zero-order chi connectivity index (χ0) is 17.6. The van der Waals surface area contributed by atoms with Crippen LogP contribution in [-0.4, -0.2) is 45.7 Å². The van der Waals surface area contributed by atoms with Gasteiger partial charge >= 0.3 is 5.97 Å². The van der Waals surface area contributed by atoms with Crippen molar-refractivity contribution in [3.63, 3.8) is 0 Å². The van der Waals surface area contributed by atoms with E-state index < -0.39 is 41.8 Å². The molecule has 0 saturated carbocycles. The number of aliphatic hydroxyl groups excluding tert-OH is 1. The maximum atomic E-state index is 12.3. The van der Waals surface area contributed by atoms with Gasteiger partial charge in [-0.1, -0.05) is 19.9 Å². The lowest BCUT2D eigenvalue weighted by molar-refractivity contribution is -0.160. The maximum absolute atomic E-state index is 12.3. The molecule has 3 rings (SSSR count). The molecule has 2 amide bonds. The van der Waals surface area contributed by atoms with Crippen molar-refractivity contribution in [1.82, 2.24) is 4.90 Å². The van der Waals surface area contributed by atoms with Crippen molar-refractivity contribution in [2.45, 2.75) is 26.0 Å². The minimum atomic E-state index is -1.70. The molecule has 1 aromatic carbocycles. The van der Waals surface area contributed by atoms with Gasteiger partial charge in [-0.2, -0.15) is 0 Å². The van der Waals surface area contributed by atoms with Gasteiger partial charge < -0.3 is 19.7 Å². The number of hydrogen-bond donors (Lipinski definition) is 2. The molecule has 2 aliphatic heterocycles. The first-order chi connectivity index (χ1) is 11.3. The Labute approximate surface area is 137 Å². The number of carbonyl (C=O) groups is 3. The molecule has 0 spiro atoms. The smallest absolute Gasteiger partial charge is 0.330 e. The van der Waals surface area contributed by atoms with E-state index in [1.165, 1.54) is 12.1 Å². The lowest BCUT2D eigenvalue weighted by Crippen LogP contribution is -2.48. The van der Waals surface area contributed by atoms with Gasteiger partial charge in [0.15, 0.2) is 17.5 Å². The second-order valence-corrected chi connectivity index (χ2v) is 5.96. The topological polar surface area (TPSA) is 113 Å². The van der Waals surface area contributed by atoms with E-state index in [2.05, 4.69) is 0 Å². The number of likely N-dealkylation sites (tertiary alicyclic amines) is 1. The van der Waals surface area contributed by atoms with Crippen molar-refractivity contribution >= 4 is 17.8 Å². The van der Waals surface area contributed by atoms with Crippen LogP contribution in [0.5, 0.6) is 11.5 Å². The largest absolute Gasteiger partial charge is 0.480 e. The van der Waals surface area contributed by atoms with Crippen molar-refractivity contribution in [1.29, 1.82) is 0 Å². The van der Waals surface area contributed by atoms with E-state index in [9.17, 15) is 24.6 Å². The van der Waals surface area contributed by atoms with Gasteiger partial charge in [0.1, 0.15) is 6.10 Å². The fraction of sp³-hybridized carbons (Fsp3) is 0.438. The molecule has 8 nitrogen and oxygen atoms in total. The van der Waals surface area contributed by atoms with E-state index in [0.717, 1.165) is 0 Å². The summed E-state index contributed by atoms with van der Waals surface area (Å²) >= 11 is 0. The summed E-state index contributed by atoms with van der Waals surface area (Å²) in [5, 5.41) is 20.0. The maximum Gasteiger partial charge on any atom is 0.330 e. The van der Waals surface area contributed by atoms with Gasteiger partial charge in [0.05, 0.1) is 0 Å². The first-order valence-electron chi connectivity index (χ1n) is 7.50. The van der Waals surface area contributed by atoms with E-state index in [0.29, 0.717) is 16.4 Å². The summed E-state index contributed by atoms with van der Waals surface area (Å²) in [5.41, 5.74) is 0.222. The Kier molecular flexibility index (Phi) is 3.92. The second kappa shape index (κ2) is 5.79. The van der Waals surface area contributed by atoms with Crippen molar-refractivity contribution in [2.24, 2.45) is 11.8 Å². The lowest BCUT2D eigenvalue weighted by atomic mass is 10.00. The average molecular weight is 335 g/mol. The number of carbonyl (C=O) groups excluding carboxylic acids is 2. The highest BCUT2D eigenvalue weighted by molar-refractivity contribution is 6.07. The van der Waals surface area contributed by atoms with Crippen molar-refractivity contribution in [3.05, 3.63) is 23.8 Å². The number of carboxylic acids is 1. The second-order valence-electron chi connectivity index (χ2n) is 5.96. The number of rotatable bonds is 4. The van der Waals surface area contributed by atoms with Crippen LogP contribution in [0.2, 0.25) is 0 Å². The van der Waals surface area contributed by atoms with Crippen LogP contribution in [0.1, 0.15) is 25.5 Å². The molecule has 1 fully saturated rings. The monoisotopic (exact) mass is 335 g/mol. The first-order valence-corrected chi connectivity index (χ1v) is 7.50. The molecule has 0 aromatic heterocycles. The highest BCUT2D eigenvalue weighted by Crippen LogP contribution is 2.37. The van der Waals surface area contributed by atoms with Crippen LogP contribution in [0.4, 0.5) is 0 Å². The summed E-state index contributed by atoms with van der Waals surface area (Å²) in [6.07, 6.45) is -1.58. The van der Waals surface area contributed by atoms with Crippen molar-refractivity contribution in [2.75, 3.05) is 6.79 Å². The number of hydrogen-bond acceptors (Lipinski definition) is 6. The standard InChI is InChI=1S/C16H17NO7/c1-7-8(2)15(20)17(14(7)19)12(16(21)22)13(18)9-3-4-10-11(5-9)24-6-23-10/h3-5,7-8,12-13,18H,6H2,1-2H3,(H,21,22)/t7-,8+,12-,13+/m0/s1. The number of benzene rings is 1. The lowest BCUT2D eigenvalue weighted by Gasteiger charge is -2.27. The van der Waals surface area contributed by atoms with Crippen LogP contribution in [-0.2, 0) is 14.4 Å². The van der Waals surface area contributed by atoms with Crippen LogP contribution in [0.3, 0.4) is 0 Å². The van der Waals surface area contributed by atoms with Crippen molar-refractivity contribution < 1.29 is 34.1 Å². The number of fused-ring (bicyclic) bond motifs is 1. The fourth-order valence-corrected chi connectivity index (χ4v) is 2.92. The van der Waals surface area contributed by atoms with E-state index in [1.54, 1.807) is 19.9 Å². The van der Waals surface area contributed by atoms with Crippen LogP contribution in [0, 0.1) is 11.8 Å². The molecule has 2 aliphatic rings. The molecule has 128 valence electrons. The quantitative estimate of drug-likeness (QED) is 0.772. The molecular weight excluding hydrogens is 318 g/mol. The van der Waals surface area contributed by atoms with Gasteiger partial charge in [-0.15, -0.1) is 0 Å². The zero-order valence-electron chi connectivity index (χ0n) is 13.1. The Morgan fingerprint density at radius 3 is 2.33 bits per heavy atom. The minimum Gasteiger partial charge on any atom is -0.480 e. The van der Waals surface area contributed by atoms with E-state index in [1.807, 2.05) is 0 Å².